The van der Waals surface area contributed by atoms with E-state index in [1.807, 2.05) is 49.1 Å². The third-order valence-electron chi connectivity index (χ3n) is 12.6. The number of hydrogen-bond donors (Lipinski definition) is 2. The Bertz CT molecular complexity index is 1420. The molecule has 316 valence electrons. The number of benzene rings is 1. The Morgan fingerprint density at radius 1 is 0.875 bits per heavy atom. The molecule has 3 rings (SSSR count). The molecule has 9 atom stereocenters. The summed E-state index contributed by atoms with van der Waals surface area (Å²) < 4.78 is 12.0. The summed E-state index contributed by atoms with van der Waals surface area (Å²) in [6.45, 7) is 17.9. The molecular weight excluding hydrogens is 711 g/mol. The van der Waals surface area contributed by atoms with E-state index >= 15 is 0 Å². The maximum absolute atomic E-state index is 14.5. The van der Waals surface area contributed by atoms with E-state index in [2.05, 4.69) is 37.9 Å². The molecule has 3 N–H and O–H groups in total. The molecule has 2 heterocycles. The Morgan fingerprint density at radius 3 is 2.05 bits per heavy atom. The SMILES string of the molecule is CC[C@H](C)[C@@H](C(CC(=O)N1CCC[C@H]1[C@H](OC)[C@@H](C)C(=O)C[C@@H](Cc1ccccc1)C(N)=O)OC)N(C)C(=O)[C@@H](CC(=O)[C@H](C(C)C)N1CCNCC1)C(C)C. The molecule has 0 spiro atoms. The second kappa shape index (κ2) is 22.7. The molecule has 2 saturated heterocycles. The Kier molecular flexibility index (Phi) is 19.1. The van der Waals surface area contributed by atoms with Gasteiger partial charge in [0.1, 0.15) is 5.78 Å². The van der Waals surface area contributed by atoms with E-state index in [-0.39, 0.29) is 72.5 Å². The van der Waals surface area contributed by atoms with E-state index < -0.39 is 41.9 Å². The number of Topliss-reactive ketones (excluding diaryl/α,β-unsaturated/α-hetero) is 2. The number of rotatable bonds is 23. The van der Waals surface area contributed by atoms with E-state index in [1.54, 1.807) is 33.1 Å². The number of hydrogen-bond acceptors (Lipinski definition) is 9. The van der Waals surface area contributed by atoms with Crippen molar-refractivity contribution in [2.45, 2.75) is 124 Å². The van der Waals surface area contributed by atoms with Crippen LogP contribution in [0.25, 0.3) is 0 Å². The van der Waals surface area contributed by atoms with Crippen molar-refractivity contribution in [2.24, 2.45) is 41.2 Å². The number of likely N-dealkylation sites (tertiary alicyclic amines) is 1. The number of piperazine rings is 1. The summed E-state index contributed by atoms with van der Waals surface area (Å²) in [6, 6.07) is 8.51. The molecule has 0 radical (unpaired) electrons. The molecule has 0 aliphatic carbocycles. The summed E-state index contributed by atoms with van der Waals surface area (Å²) in [5, 5.41) is 3.37. The normalized spacial score (nSPS) is 20.9. The van der Waals surface area contributed by atoms with Crippen LogP contribution in [0.15, 0.2) is 30.3 Å². The molecule has 2 aliphatic rings. The van der Waals surface area contributed by atoms with Crippen LogP contribution < -0.4 is 11.1 Å². The zero-order valence-electron chi connectivity index (χ0n) is 36.0. The van der Waals surface area contributed by atoms with Crippen LogP contribution in [-0.2, 0) is 39.9 Å². The lowest BCUT2D eigenvalue weighted by molar-refractivity contribution is -0.149. The molecular formula is C44H73N5O7. The van der Waals surface area contributed by atoms with Crippen molar-refractivity contribution in [1.29, 1.82) is 0 Å². The molecule has 1 aromatic carbocycles. The Hall–Kier alpha value is -3.19. The van der Waals surface area contributed by atoms with Gasteiger partial charge < -0.3 is 30.3 Å². The molecule has 0 bridgehead atoms. The van der Waals surface area contributed by atoms with Crippen molar-refractivity contribution < 1.29 is 33.4 Å². The first-order valence-electron chi connectivity index (χ1n) is 21.0. The fourth-order valence-corrected chi connectivity index (χ4v) is 9.11. The lowest BCUT2D eigenvalue weighted by atomic mass is 9.83. The molecule has 1 aromatic rings. The average molecular weight is 784 g/mol. The van der Waals surface area contributed by atoms with E-state index in [4.69, 9.17) is 15.2 Å². The van der Waals surface area contributed by atoms with E-state index in [9.17, 15) is 24.0 Å². The van der Waals surface area contributed by atoms with Crippen LogP contribution in [-0.4, -0.2) is 128 Å². The van der Waals surface area contributed by atoms with E-state index in [1.165, 1.54) is 0 Å². The van der Waals surface area contributed by atoms with Gasteiger partial charge in [-0.2, -0.15) is 0 Å². The van der Waals surface area contributed by atoms with Crippen LogP contribution in [0.1, 0.15) is 92.6 Å². The maximum Gasteiger partial charge on any atom is 0.226 e. The largest absolute Gasteiger partial charge is 0.379 e. The van der Waals surface area contributed by atoms with Crippen molar-refractivity contribution in [2.75, 3.05) is 54.0 Å². The second-order valence-corrected chi connectivity index (χ2v) is 17.0. The van der Waals surface area contributed by atoms with Gasteiger partial charge >= 0.3 is 0 Å². The highest BCUT2D eigenvalue weighted by Crippen LogP contribution is 2.32. The molecule has 2 fully saturated rings. The molecule has 2 aliphatic heterocycles. The van der Waals surface area contributed by atoms with Crippen LogP contribution in [0.3, 0.4) is 0 Å². The molecule has 1 unspecified atom stereocenters. The van der Waals surface area contributed by atoms with Gasteiger partial charge in [-0.1, -0.05) is 85.2 Å². The molecule has 12 nitrogen and oxygen atoms in total. The lowest BCUT2D eigenvalue weighted by Gasteiger charge is -2.41. The number of carbonyl (C=O) groups excluding carboxylic acids is 5. The zero-order valence-corrected chi connectivity index (χ0v) is 36.0. The summed E-state index contributed by atoms with van der Waals surface area (Å²) in [7, 11) is 4.93. The number of methoxy groups -OCH3 is 2. The van der Waals surface area contributed by atoms with Crippen molar-refractivity contribution in [3.63, 3.8) is 0 Å². The van der Waals surface area contributed by atoms with Gasteiger partial charge in [-0.05, 0) is 42.6 Å². The number of nitrogens with one attached hydrogen (secondary N) is 1. The van der Waals surface area contributed by atoms with Crippen molar-refractivity contribution in [3.05, 3.63) is 35.9 Å². The van der Waals surface area contributed by atoms with Gasteiger partial charge in [-0.25, -0.2) is 0 Å². The molecule has 0 saturated carbocycles. The molecule has 0 aromatic heterocycles. The van der Waals surface area contributed by atoms with Crippen molar-refractivity contribution in [1.82, 2.24) is 20.0 Å². The summed E-state index contributed by atoms with van der Waals surface area (Å²) in [5.41, 5.74) is 6.69. The number of amides is 3. The first kappa shape index (κ1) is 47.2. The predicted octanol–water partition coefficient (Wildman–Crippen LogP) is 4.37. The minimum Gasteiger partial charge on any atom is -0.379 e. The minimum absolute atomic E-state index is 0.00214. The smallest absolute Gasteiger partial charge is 0.226 e. The second-order valence-electron chi connectivity index (χ2n) is 17.0. The highest BCUT2D eigenvalue weighted by Gasteiger charge is 2.43. The summed E-state index contributed by atoms with van der Waals surface area (Å²) in [6.07, 6.45) is 1.58. The Morgan fingerprint density at radius 2 is 1.52 bits per heavy atom. The Labute approximate surface area is 336 Å². The van der Waals surface area contributed by atoms with Gasteiger partial charge in [0.25, 0.3) is 0 Å². The summed E-state index contributed by atoms with van der Waals surface area (Å²) in [4.78, 5) is 74.6. The molecule has 56 heavy (non-hydrogen) atoms. The quantitative estimate of drug-likeness (QED) is 0.165. The number of nitrogens with zero attached hydrogens (tertiary/aromatic N) is 3. The number of ether oxygens (including phenoxy) is 2. The number of primary amides is 1. The maximum atomic E-state index is 14.5. The van der Waals surface area contributed by atoms with Crippen LogP contribution in [0.4, 0.5) is 0 Å². The summed E-state index contributed by atoms with van der Waals surface area (Å²) >= 11 is 0. The summed E-state index contributed by atoms with van der Waals surface area (Å²) in [5.74, 6) is -2.47. The average Bonchev–Trinajstić information content (AvgIpc) is 3.66. The van der Waals surface area contributed by atoms with Crippen molar-refractivity contribution in [3.8, 4) is 0 Å². The third kappa shape index (κ3) is 12.4. The highest BCUT2D eigenvalue weighted by molar-refractivity contribution is 5.90. The van der Waals surface area contributed by atoms with E-state index in [0.29, 0.717) is 19.4 Å². The van der Waals surface area contributed by atoms with Crippen molar-refractivity contribution >= 4 is 29.3 Å². The number of nitrogens with two attached hydrogens (primary N) is 1. The van der Waals surface area contributed by atoms with Gasteiger partial charge in [0.15, 0.2) is 5.78 Å². The topological polar surface area (TPSA) is 152 Å². The first-order chi connectivity index (χ1) is 26.6. The predicted molar refractivity (Wildman–Crippen MR) is 220 cm³/mol. The van der Waals surface area contributed by atoms with Gasteiger partial charge in [0, 0.05) is 84.6 Å². The number of likely N-dealkylation sites (N-methyl/N-ethyl adjacent to an activating group) is 1. The van der Waals surface area contributed by atoms with Gasteiger partial charge in [0.05, 0.1) is 36.8 Å². The van der Waals surface area contributed by atoms with Crippen LogP contribution >= 0.6 is 0 Å². The van der Waals surface area contributed by atoms with Gasteiger partial charge in [0.2, 0.25) is 17.7 Å². The third-order valence-corrected chi connectivity index (χ3v) is 12.6. The first-order valence-corrected chi connectivity index (χ1v) is 21.0. The fourth-order valence-electron chi connectivity index (χ4n) is 9.11. The molecule has 12 heteroatoms. The van der Waals surface area contributed by atoms with Crippen LogP contribution in [0.2, 0.25) is 0 Å². The van der Waals surface area contributed by atoms with Crippen LogP contribution in [0.5, 0.6) is 0 Å². The van der Waals surface area contributed by atoms with E-state index in [0.717, 1.165) is 44.6 Å². The fraction of sp³-hybridized carbons (Fsp3) is 0.750. The molecule has 3 amide bonds. The Balaban J connectivity index is 1.77. The van der Waals surface area contributed by atoms with Gasteiger partial charge in [-0.3, -0.25) is 28.9 Å². The minimum atomic E-state index is -0.650. The lowest BCUT2D eigenvalue weighted by Crippen LogP contribution is -2.55. The van der Waals surface area contributed by atoms with Crippen LogP contribution in [0, 0.1) is 35.5 Å². The zero-order chi connectivity index (χ0) is 41.7. The monoisotopic (exact) mass is 784 g/mol. The highest BCUT2D eigenvalue weighted by atomic mass is 16.5. The number of ketones is 2. The standard InChI is InChI=1S/C44H73N5O7/c1-11-30(6)41(47(8)44(54)34(28(2)3)26-37(51)40(29(4)5)48-22-19-46-20-23-48)38(55-9)27-39(52)49-21-15-18-35(49)42(56-10)31(7)36(50)25-33(43(45)53)24-32-16-13-12-14-17-32/h12-14,16-17,28-31,33-35,38,40-42,46H,11,15,18-27H2,1-10H3,(H2,45,53)/t30-,31-,33+,34-,35-,38?,40-,41-,42+/m0/s1. The number of carbonyl (C=O) groups is 5. The van der Waals surface area contributed by atoms with Gasteiger partial charge in [-0.15, -0.1) is 0 Å².